The van der Waals surface area contributed by atoms with Gasteiger partial charge < -0.3 is 9.05 Å². The SMILES string of the molecule is CCCCC(F)C(=O)COP(C)(=O)OC. The van der Waals surface area contributed by atoms with E-state index in [9.17, 15) is 13.8 Å². The van der Waals surface area contributed by atoms with Crippen LogP contribution in [0.3, 0.4) is 0 Å². The molecular formula is C9H18FO4P. The summed E-state index contributed by atoms with van der Waals surface area (Å²) in [6.45, 7) is 2.66. The number of unbranched alkanes of at least 4 members (excludes halogenated alkanes) is 1. The fraction of sp³-hybridized carbons (Fsp3) is 0.889. The van der Waals surface area contributed by atoms with Gasteiger partial charge in [0.15, 0.2) is 12.0 Å². The van der Waals surface area contributed by atoms with Gasteiger partial charge in [-0.2, -0.15) is 0 Å². The Morgan fingerprint density at radius 1 is 1.53 bits per heavy atom. The Balaban J connectivity index is 3.88. The zero-order valence-electron chi connectivity index (χ0n) is 9.36. The van der Waals surface area contributed by atoms with Crippen LogP contribution >= 0.6 is 7.60 Å². The maximum atomic E-state index is 13.1. The van der Waals surface area contributed by atoms with Crippen molar-refractivity contribution in [3.8, 4) is 0 Å². The molecule has 2 unspecified atom stereocenters. The number of rotatable bonds is 8. The highest BCUT2D eigenvalue weighted by atomic mass is 31.2. The van der Waals surface area contributed by atoms with Crippen LogP contribution in [0.1, 0.15) is 26.2 Å². The van der Waals surface area contributed by atoms with Gasteiger partial charge in [0.05, 0.1) is 0 Å². The van der Waals surface area contributed by atoms with E-state index in [2.05, 4.69) is 9.05 Å². The number of hydrogen-bond acceptors (Lipinski definition) is 4. The van der Waals surface area contributed by atoms with Crippen molar-refractivity contribution in [2.24, 2.45) is 0 Å². The lowest BCUT2D eigenvalue weighted by molar-refractivity contribution is -0.126. The standard InChI is InChI=1S/C9H18FO4P/c1-4-5-6-8(10)9(11)7-14-15(3,12)13-2/h8H,4-7H2,1-3H3. The molecule has 0 heterocycles. The summed E-state index contributed by atoms with van der Waals surface area (Å²) in [6, 6.07) is 0. The summed E-state index contributed by atoms with van der Waals surface area (Å²) < 4.78 is 33.5. The van der Waals surface area contributed by atoms with E-state index < -0.39 is 26.2 Å². The molecule has 0 aromatic heterocycles. The maximum Gasteiger partial charge on any atom is 0.327 e. The van der Waals surface area contributed by atoms with E-state index in [1.807, 2.05) is 6.92 Å². The van der Waals surface area contributed by atoms with Crippen LogP contribution in [0.25, 0.3) is 0 Å². The minimum atomic E-state index is -3.18. The molecule has 15 heavy (non-hydrogen) atoms. The molecule has 0 fully saturated rings. The quantitative estimate of drug-likeness (QED) is 0.612. The Hall–Kier alpha value is -0.250. The van der Waals surface area contributed by atoms with Crippen LogP contribution in [-0.2, 0) is 18.4 Å². The van der Waals surface area contributed by atoms with Crippen molar-refractivity contribution < 1.29 is 22.8 Å². The molecule has 0 spiro atoms. The predicted octanol–water partition coefficient (Wildman–Crippen LogP) is 2.57. The van der Waals surface area contributed by atoms with Crippen molar-refractivity contribution >= 4 is 13.4 Å². The molecule has 0 rings (SSSR count). The number of Topliss-reactive ketones (excluding diaryl/α,β-unsaturated/α-hetero) is 1. The van der Waals surface area contributed by atoms with E-state index in [0.717, 1.165) is 6.42 Å². The van der Waals surface area contributed by atoms with Crippen LogP contribution in [0.2, 0.25) is 0 Å². The van der Waals surface area contributed by atoms with Crippen LogP contribution < -0.4 is 0 Å². The van der Waals surface area contributed by atoms with Gasteiger partial charge in [-0.05, 0) is 6.42 Å². The lowest BCUT2D eigenvalue weighted by atomic mass is 10.1. The zero-order chi connectivity index (χ0) is 11.9. The van der Waals surface area contributed by atoms with Gasteiger partial charge in [0.25, 0.3) is 0 Å². The maximum absolute atomic E-state index is 13.1. The molecule has 0 bridgehead atoms. The predicted molar refractivity (Wildman–Crippen MR) is 55.9 cm³/mol. The number of hydrogen-bond donors (Lipinski definition) is 0. The van der Waals surface area contributed by atoms with Gasteiger partial charge in [-0.1, -0.05) is 19.8 Å². The van der Waals surface area contributed by atoms with E-state index in [1.165, 1.54) is 13.8 Å². The molecule has 0 aromatic carbocycles. The van der Waals surface area contributed by atoms with Gasteiger partial charge in [-0.15, -0.1) is 0 Å². The van der Waals surface area contributed by atoms with Crippen LogP contribution in [0, 0.1) is 0 Å². The van der Waals surface area contributed by atoms with Crippen molar-refractivity contribution in [3.05, 3.63) is 0 Å². The van der Waals surface area contributed by atoms with Gasteiger partial charge in [-0.3, -0.25) is 9.36 Å². The fourth-order valence-electron chi connectivity index (χ4n) is 0.868. The second-order valence-corrected chi connectivity index (χ2v) is 5.47. The zero-order valence-corrected chi connectivity index (χ0v) is 10.3. The van der Waals surface area contributed by atoms with Crippen molar-refractivity contribution in [2.45, 2.75) is 32.4 Å². The van der Waals surface area contributed by atoms with Crippen LogP contribution in [0.15, 0.2) is 0 Å². The third kappa shape index (κ3) is 6.77. The highest BCUT2D eigenvalue weighted by molar-refractivity contribution is 7.52. The summed E-state index contributed by atoms with van der Waals surface area (Å²) in [5, 5.41) is 0. The molecule has 2 atom stereocenters. The topological polar surface area (TPSA) is 52.6 Å². The molecule has 0 aliphatic carbocycles. The highest BCUT2D eigenvalue weighted by Crippen LogP contribution is 2.42. The van der Waals surface area contributed by atoms with E-state index in [0.29, 0.717) is 6.42 Å². The molecule has 0 amide bonds. The smallest absolute Gasteiger partial charge is 0.312 e. The van der Waals surface area contributed by atoms with Crippen LogP contribution in [0.5, 0.6) is 0 Å². The molecule has 0 saturated carbocycles. The summed E-state index contributed by atoms with van der Waals surface area (Å²) >= 11 is 0. The Labute approximate surface area is 89.7 Å². The Kier molecular flexibility index (Phi) is 6.98. The van der Waals surface area contributed by atoms with E-state index in [1.54, 1.807) is 0 Å². The first-order valence-electron chi connectivity index (χ1n) is 4.87. The van der Waals surface area contributed by atoms with Gasteiger partial charge in [-0.25, -0.2) is 4.39 Å². The largest absolute Gasteiger partial charge is 0.327 e. The molecule has 0 saturated heterocycles. The molecule has 6 heteroatoms. The molecule has 0 N–H and O–H groups in total. The third-order valence-electron chi connectivity index (χ3n) is 1.93. The minimum absolute atomic E-state index is 0.194. The normalized spacial score (nSPS) is 17.1. The monoisotopic (exact) mass is 240 g/mol. The first-order valence-corrected chi connectivity index (χ1v) is 6.86. The molecule has 0 aromatic rings. The van der Waals surface area contributed by atoms with Crippen molar-refractivity contribution in [2.75, 3.05) is 20.4 Å². The number of ketones is 1. The summed E-state index contributed by atoms with van der Waals surface area (Å²) in [5.74, 6) is -0.678. The molecule has 0 aliphatic rings. The average molecular weight is 240 g/mol. The highest BCUT2D eigenvalue weighted by Gasteiger charge is 2.21. The second kappa shape index (κ2) is 7.09. The van der Waals surface area contributed by atoms with Crippen molar-refractivity contribution in [1.82, 2.24) is 0 Å². The average Bonchev–Trinajstić information content (AvgIpc) is 2.22. The van der Waals surface area contributed by atoms with Gasteiger partial charge >= 0.3 is 7.60 Å². The minimum Gasteiger partial charge on any atom is -0.312 e. The first kappa shape index (κ1) is 14.8. The van der Waals surface area contributed by atoms with Gasteiger partial charge in [0.1, 0.15) is 6.61 Å². The number of halogens is 1. The fourth-order valence-corrected chi connectivity index (χ4v) is 1.34. The lowest BCUT2D eigenvalue weighted by Crippen LogP contribution is -2.20. The molecular weight excluding hydrogens is 222 g/mol. The Bertz CT molecular complexity index is 244. The Morgan fingerprint density at radius 2 is 2.13 bits per heavy atom. The molecule has 0 aliphatic heterocycles. The summed E-state index contributed by atoms with van der Waals surface area (Å²) in [7, 11) is -1.96. The van der Waals surface area contributed by atoms with Crippen molar-refractivity contribution in [3.63, 3.8) is 0 Å². The third-order valence-corrected chi connectivity index (χ3v) is 3.19. The summed E-state index contributed by atoms with van der Waals surface area (Å²) in [6.07, 6.45) is 0.154. The first-order chi connectivity index (χ1) is 6.93. The number of carbonyl (C=O) groups is 1. The van der Waals surface area contributed by atoms with E-state index >= 15 is 0 Å². The van der Waals surface area contributed by atoms with Gasteiger partial charge in [0.2, 0.25) is 0 Å². The number of alkyl halides is 1. The molecule has 0 radical (unpaired) electrons. The van der Waals surface area contributed by atoms with Crippen molar-refractivity contribution in [1.29, 1.82) is 0 Å². The molecule has 4 nitrogen and oxygen atoms in total. The second-order valence-electron chi connectivity index (χ2n) is 3.30. The number of carbonyl (C=O) groups excluding carboxylic acids is 1. The molecule has 90 valence electrons. The van der Waals surface area contributed by atoms with E-state index in [4.69, 9.17) is 0 Å². The summed E-state index contributed by atoms with van der Waals surface area (Å²) in [5.41, 5.74) is 0. The van der Waals surface area contributed by atoms with Crippen LogP contribution in [-0.4, -0.2) is 32.3 Å². The lowest BCUT2D eigenvalue weighted by Gasteiger charge is -2.11. The Morgan fingerprint density at radius 3 is 2.60 bits per heavy atom. The summed E-state index contributed by atoms with van der Waals surface area (Å²) in [4.78, 5) is 11.1. The van der Waals surface area contributed by atoms with Gasteiger partial charge in [0, 0.05) is 13.8 Å². The van der Waals surface area contributed by atoms with Crippen LogP contribution in [0.4, 0.5) is 4.39 Å². The van der Waals surface area contributed by atoms with E-state index in [-0.39, 0.29) is 6.42 Å².